The van der Waals surface area contributed by atoms with E-state index in [2.05, 4.69) is 22.0 Å². The molecule has 1 aliphatic heterocycles. The van der Waals surface area contributed by atoms with E-state index in [0.29, 0.717) is 27.2 Å². The Labute approximate surface area is 123 Å². The van der Waals surface area contributed by atoms with E-state index < -0.39 is 0 Å². The molecule has 2 N–H and O–H groups in total. The van der Waals surface area contributed by atoms with Crippen LogP contribution in [0.3, 0.4) is 0 Å². The number of anilines is 1. The first-order valence-corrected chi connectivity index (χ1v) is 9.04. The van der Waals surface area contributed by atoms with Crippen molar-refractivity contribution in [2.45, 2.75) is 23.8 Å². The normalized spacial score (nSPS) is 23.6. The minimum Gasteiger partial charge on any atom is -0.375 e. The second-order valence-electron chi connectivity index (χ2n) is 4.14. The summed E-state index contributed by atoms with van der Waals surface area (Å²) >= 11 is 5.29. The average molecular weight is 314 g/mol. The van der Waals surface area contributed by atoms with Gasteiger partial charge in [0.05, 0.1) is 5.25 Å². The predicted octanol–water partition coefficient (Wildman–Crippen LogP) is 3.08. The molecule has 0 aromatic carbocycles. The molecule has 5 nitrogen and oxygen atoms in total. The van der Waals surface area contributed by atoms with Gasteiger partial charge < -0.3 is 10.3 Å². The van der Waals surface area contributed by atoms with Crippen LogP contribution in [0, 0.1) is 0 Å². The number of nitrogens with two attached hydrogens (primary N) is 1. The Hall–Kier alpha value is -0.730. The third-order valence-corrected chi connectivity index (χ3v) is 6.81. The molecule has 0 aliphatic carbocycles. The Balaban J connectivity index is 1.84. The molecule has 0 amide bonds. The zero-order chi connectivity index (χ0) is 13.2. The third kappa shape index (κ3) is 2.75. The Morgan fingerprint density at radius 1 is 1.37 bits per heavy atom. The second-order valence-corrected chi connectivity index (χ2v) is 7.62. The fourth-order valence-corrected chi connectivity index (χ4v) is 5.50. The lowest BCUT2D eigenvalue weighted by atomic mass is 10.2. The Bertz CT molecular complexity index is 556. The summed E-state index contributed by atoms with van der Waals surface area (Å²) in [6, 6.07) is 0. The minimum absolute atomic E-state index is 0.317. The van der Waals surface area contributed by atoms with Gasteiger partial charge in [0.25, 0.3) is 5.89 Å². The van der Waals surface area contributed by atoms with E-state index in [4.69, 9.17) is 10.3 Å². The van der Waals surface area contributed by atoms with Crippen molar-refractivity contribution in [3.05, 3.63) is 11.2 Å². The molecule has 1 fully saturated rings. The molecule has 8 heteroatoms. The minimum atomic E-state index is 0.317. The molecule has 3 heterocycles. The van der Waals surface area contributed by atoms with Crippen molar-refractivity contribution in [2.75, 3.05) is 17.2 Å². The summed E-state index contributed by atoms with van der Waals surface area (Å²) in [6.45, 7) is 2.21. The van der Waals surface area contributed by atoms with Crippen molar-refractivity contribution in [3.63, 3.8) is 0 Å². The maximum atomic E-state index is 5.62. The van der Waals surface area contributed by atoms with Crippen molar-refractivity contribution < 1.29 is 4.52 Å². The molecule has 0 spiro atoms. The summed E-state index contributed by atoms with van der Waals surface area (Å²) in [6.07, 6.45) is 1.12. The Morgan fingerprint density at radius 3 is 2.95 bits per heavy atom. The molecule has 102 valence electrons. The van der Waals surface area contributed by atoms with E-state index in [9.17, 15) is 0 Å². The number of rotatable bonds is 3. The van der Waals surface area contributed by atoms with E-state index in [1.54, 1.807) is 0 Å². The van der Waals surface area contributed by atoms with Crippen LogP contribution in [-0.2, 0) is 0 Å². The number of hydrogen-bond donors (Lipinski definition) is 1. The van der Waals surface area contributed by atoms with E-state index in [1.165, 1.54) is 17.1 Å². The van der Waals surface area contributed by atoms with E-state index in [1.807, 2.05) is 28.9 Å². The molecular formula is C11H14N4OS3. The second kappa shape index (κ2) is 5.72. The van der Waals surface area contributed by atoms with Crippen molar-refractivity contribution in [1.29, 1.82) is 0 Å². The molecule has 2 aromatic heterocycles. The Morgan fingerprint density at radius 2 is 2.21 bits per heavy atom. The number of thioether (sulfide) groups is 2. The lowest BCUT2D eigenvalue weighted by Crippen LogP contribution is -2.19. The Kier molecular flexibility index (Phi) is 3.99. The topological polar surface area (TPSA) is 77.8 Å². The molecule has 19 heavy (non-hydrogen) atoms. The average Bonchev–Trinajstić information content (AvgIpc) is 3.07. The molecule has 2 aromatic rings. The summed E-state index contributed by atoms with van der Waals surface area (Å²) in [7, 11) is 0. The van der Waals surface area contributed by atoms with Crippen LogP contribution >= 0.6 is 34.9 Å². The molecule has 3 rings (SSSR count). The molecule has 2 unspecified atom stereocenters. The van der Waals surface area contributed by atoms with Gasteiger partial charge in [0.15, 0.2) is 11.0 Å². The van der Waals surface area contributed by atoms with Gasteiger partial charge in [0, 0.05) is 22.1 Å². The van der Waals surface area contributed by atoms with Crippen LogP contribution in [0.25, 0.3) is 11.6 Å². The molecule has 1 saturated heterocycles. The molecule has 1 aliphatic rings. The summed E-state index contributed by atoms with van der Waals surface area (Å²) < 4.78 is 5.31. The third-order valence-electron chi connectivity index (χ3n) is 2.89. The van der Waals surface area contributed by atoms with Gasteiger partial charge in [0.2, 0.25) is 0 Å². The number of hydrogen-bond acceptors (Lipinski definition) is 8. The lowest BCUT2D eigenvalue weighted by molar-refractivity contribution is 0.420. The number of aromatic nitrogens is 3. The highest BCUT2D eigenvalue weighted by molar-refractivity contribution is 8.06. The summed E-state index contributed by atoms with van der Waals surface area (Å²) in [5.74, 6) is 3.59. The van der Waals surface area contributed by atoms with Gasteiger partial charge in [-0.05, 0) is 6.42 Å². The SMILES string of the molecule is CCC1SCCSC1c1noc(-c2csc(N)n2)n1. The number of thiazole rings is 1. The lowest BCUT2D eigenvalue weighted by Gasteiger charge is -2.27. The van der Waals surface area contributed by atoms with Crippen molar-refractivity contribution >= 4 is 40.0 Å². The van der Waals surface area contributed by atoms with Crippen LogP contribution in [-0.4, -0.2) is 31.9 Å². The van der Waals surface area contributed by atoms with Crippen LogP contribution in [0.4, 0.5) is 5.13 Å². The first kappa shape index (κ1) is 13.3. The van der Waals surface area contributed by atoms with Crippen LogP contribution in [0.2, 0.25) is 0 Å². The maximum Gasteiger partial charge on any atom is 0.277 e. The van der Waals surface area contributed by atoms with Crippen molar-refractivity contribution in [2.24, 2.45) is 0 Å². The summed E-state index contributed by atoms with van der Waals surface area (Å²) in [5, 5.41) is 7.36. The fraction of sp³-hybridized carbons (Fsp3) is 0.545. The first-order chi connectivity index (χ1) is 9.28. The van der Waals surface area contributed by atoms with E-state index >= 15 is 0 Å². The highest BCUT2D eigenvalue weighted by Crippen LogP contribution is 2.43. The number of nitrogens with zero attached hydrogens (tertiary/aromatic N) is 3. The van der Waals surface area contributed by atoms with Crippen LogP contribution in [0.5, 0.6) is 0 Å². The first-order valence-electron chi connectivity index (χ1n) is 6.06. The zero-order valence-electron chi connectivity index (χ0n) is 10.4. The highest BCUT2D eigenvalue weighted by atomic mass is 32.2. The maximum absolute atomic E-state index is 5.62. The molecule has 0 radical (unpaired) electrons. The largest absolute Gasteiger partial charge is 0.375 e. The smallest absolute Gasteiger partial charge is 0.277 e. The molecule has 2 atom stereocenters. The van der Waals surface area contributed by atoms with Crippen molar-refractivity contribution in [1.82, 2.24) is 15.1 Å². The monoisotopic (exact) mass is 314 g/mol. The summed E-state index contributed by atoms with van der Waals surface area (Å²) in [4.78, 5) is 8.66. The highest BCUT2D eigenvalue weighted by Gasteiger charge is 2.30. The van der Waals surface area contributed by atoms with Gasteiger partial charge in [-0.15, -0.1) is 23.1 Å². The standard InChI is InChI=1S/C11H14N4OS3/c1-2-7-8(18-4-3-17-7)9-14-10(16-15-9)6-5-19-11(12)13-6/h5,7-8H,2-4H2,1H3,(H2,12,13). The van der Waals surface area contributed by atoms with Crippen LogP contribution in [0.15, 0.2) is 9.90 Å². The van der Waals surface area contributed by atoms with E-state index in [-0.39, 0.29) is 0 Å². The van der Waals surface area contributed by atoms with E-state index in [0.717, 1.165) is 18.0 Å². The van der Waals surface area contributed by atoms with Gasteiger partial charge in [0.1, 0.15) is 5.69 Å². The van der Waals surface area contributed by atoms with Crippen LogP contribution in [0.1, 0.15) is 24.4 Å². The van der Waals surface area contributed by atoms with Gasteiger partial charge in [-0.2, -0.15) is 16.7 Å². The van der Waals surface area contributed by atoms with Gasteiger partial charge in [-0.1, -0.05) is 12.1 Å². The summed E-state index contributed by atoms with van der Waals surface area (Å²) in [5.41, 5.74) is 6.29. The fourth-order valence-electron chi connectivity index (χ4n) is 1.98. The predicted molar refractivity (Wildman–Crippen MR) is 81.6 cm³/mol. The number of nitrogen functional groups attached to an aromatic ring is 1. The molecule has 0 bridgehead atoms. The van der Waals surface area contributed by atoms with Crippen molar-refractivity contribution in [3.8, 4) is 11.6 Å². The van der Waals surface area contributed by atoms with Gasteiger partial charge in [-0.3, -0.25) is 0 Å². The molecular weight excluding hydrogens is 300 g/mol. The quantitative estimate of drug-likeness (QED) is 0.932. The molecule has 0 saturated carbocycles. The van der Waals surface area contributed by atoms with Gasteiger partial charge in [-0.25, -0.2) is 4.98 Å². The van der Waals surface area contributed by atoms with Crippen LogP contribution < -0.4 is 5.73 Å². The zero-order valence-corrected chi connectivity index (χ0v) is 12.9. The van der Waals surface area contributed by atoms with Gasteiger partial charge >= 0.3 is 0 Å².